The zero-order valence-electron chi connectivity index (χ0n) is 16.5. The van der Waals surface area contributed by atoms with E-state index in [0.29, 0.717) is 0 Å². The van der Waals surface area contributed by atoms with Crippen LogP contribution in [0.25, 0.3) is 22.0 Å². The van der Waals surface area contributed by atoms with E-state index < -0.39 is 0 Å². The molecule has 0 saturated heterocycles. The summed E-state index contributed by atoms with van der Waals surface area (Å²) in [6.07, 6.45) is 5.92. The highest BCUT2D eigenvalue weighted by molar-refractivity contribution is 6.35. The summed E-state index contributed by atoms with van der Waals surface area (Å²) in [5, 5.41) is 5.80. The molecule has 0 aliphatic carbocycles. The maximum Gasteiger partial charge on any atom is 0.0543 e. The number of nitrogens with one attached hydrogen (secondary N) is 2. The summed E-state index contributed by atoms with van der Waals surface area (Å²) in [7, 11) is 0. The van der Waals surface area contributed by atoms with E-state index in [0.717, 1.165) is 34.5 Å². The van der Waals surface area contributed by atoms with Crippen molar-refractivity contribution in [3.8, 4) is 11.1 Å². The van der Waals surface area contributed by atoms with Crippen LogP contribution >= 0.6 is 11.6 Å². The van der Waals surface area contributed by atoms with Crippen LogP contribution in [0.4, 0.5) is 5.69 Å². The number of anilines is 1. The molecule has 1 aromatic heterocycles. The van der Waals surface area contributed by atoms with E-state index in [9.17, 15) is 0 Å². The molecule has 1 aliphatic rings. The predicted octanol–water partition coefficient (Wildman–Crippen LogP) is 7.22. The molecule has 140 valence electrons. The number of allylic oxidation sites excluding steroid dienone is 1. The van der Waals surface area contributed by atoms with Crippen LogP contribution in [0, 0.1) is 6.92 Å². The van der Waals surface area contributed by atoms with Gasteiger partial charge >= 0.3 is 0 Å². The minimum atomic E-state index is -0.0483. The van der Waals surface area contributed by atoms with Gasteiger partial charge in [-0.3, -0.25) is 0 Å². The van der Waals surface area contributed by atoms with E-state index in [-0.39, 0.29) is 11.0 Å². The smallest absolute Gasteiger partial charge is 0.0543 e. The Balaban J connectivity index is 2.03. The SMILES string of the molecule is C=CCC1(C)CC(C)(C)Nc2c(C)cc(-c3cccc4cc[nH]c34)c(Cl)c21. The molecule has 2 aromatic carbocycles. The lowest BCUT2D eigenvalue weighted by Crippen LogP contribution is -2.45. The summed E-state index contributed by atoms with van der Waals surface area (Å²) in [4.78, 5) is 3.38. The molecule has 2 heterocycles. The number of halogens is 1. The molecule has 3 aromatic rings. The summed E-state index contributed by atoms with van der Waals surface area (Å²) in [6.45, 7) is 13.0. The number of hydrogen-bond acceptors (Lipinski definition) is 1. The first-order chi connectivity index (χ1) is 12.8. The average molecular weight is 379 g/mol. The summed E-state index contributed by atoms with van der Waals surface area (Å²) in [5.74, 6) is 0. The largest absolute Gasteiger partial charge is 0.380 e. The molecular formula is C24H27ClN2. The maximum absolute atomic E-state index is 7.13. The van der Waals surface area contributed by atoms with Crippen molar-refractivity contribution in [3.05, 3.63) is 65.3 Å². The second-order valence-electron chi connectivity index (χ2n) is 8.79. The lowest BCUT2D eigenvalue weighted by atomic mass is 9.67. The molecule has 0 saturated carbocycles. The topological polar surface area (TPSA) is 27.8 Å². The van der Waals surface area contributed by atoms with Crippen LogP contribution < -0.4 is 5.32 Å². The number of benzene rings is 2. The molecule has 0 fully saturated rings. The molecule has 3 heteroatoms. The number of aromatic amines is 1. The summed E-state index contributed by atoms with van der Waals surface area (Å²) in [5.41, 5.74) is 6.99. The third-order valence-corrected chi connectivity index (χ3v) is 6.23. The Kier molecular flexibility index (Phi) is 4.16. The number of fused-ring (bicyclic) bond motifs is 2. The number of H-pyrrole nitrogens is 1. The second-order valence-corrected chi connectivity index (χ2v) is 9.17. The lowest BCUT2D eigenvalue weighted by molar-refractivity contribution is 0.332. The van der Waals surface area contributed by atoms with E-state index in [2.05, 4.69) is 74.9 Å². The van der Waals surface area contributed by atoms with Crippen molar-refractivity contribution >= 4 is 28.2 Å². The van der Waals surface area contributed by atoms with E-state index in [1.54, 1.807) is 0 Å². The van der Waals surface area contributed by atoms with Gasteiger partial charge in [0.05, 0.1) is 10.5 Å². The summed E-state index contributed by atoms with van der Waals surface area (Å²) < 4.78 is 0. The summed E-state index contributed by atoms with van der Waals surface area (Å²) in [6, 6.07) is 10.7. The van der Waals surface area contributed by atoms with Crippen molar-refractivity contribution < 1.29 is 0 Å². The van der Waals surface area contributed by atoms with Crippen molar-refractivity contribution in [2.24, 2.45) is 0 Å². The van der Waals surface area contributed by atoms with E-state index >= 15 is 0 Å². The van der Waals surface area contributed by atoms with Crippen LogP contribution in [0.15, 0.2) is 49.2 Å². The molecule has 0 spiro atoms. The third-order valence-electron chi connectivity index (χ3n) is 5.83. The van der Waals surface area contributed by atoms with Crippen LogP contribution in [0.2, 0.25) is 5.02 Å². The van der Waals surface area contributed by atoms with Crippen molar-refractivity contribution in [1.29, 1.82) is 0 Å². The fraction of sp³-hybridized carbons (Fsp3) is 0.333. The van der Waals surface area contributed by atoms with Crippen LogP contribution in [-0.2, 0) is 5.41 Å². The monoisotopic (exact) mass is 378 g/mol. The van der Waals surface area contributed by atoms with E-state index in [1.165, 1.54) is 22.2 Å². The first-order valence-electron chi connectivity index (χ1n) is 9.55. The van der Waals surface area contributed by atoms with Crippen molar-refractivity contribution in [2.75, 3.05) is 5.32 Å². The molecule has 2 nitrogen and oxygen atoms in total. The third kappa shape index (κ3) is 2.87. The first kappa shape index (κ1) is 18.2. The quantitative estimate of drug-likeness (QED) is 0.462. The Morgan fingerprint density at radius 1 is 1.19 bits per heavy atom. The maximum atomic E-state index is 7.13. The number of para-hydroxylation sites is 1. The Bertz CT molecular complexity index is 1040. The number of hydrogen-bond donors (Lipinski definition) is 2. The van der Waals surface area contributed by atoms with Crippen LogP contribution in [0.1, 0.15) is 44.7 Å². The minimum absolute atomic E-state index is 0.0137. The average Bonchev–Trinajstić information content (AvgIpc) is 3.05. The predicted molar refractivity (Wildman–Crippen MR) is 118 cm³/mol. The van der Waals surface area contributed by atoms with Crippen LogP contribution in [0.5, 0.6) is 0 Å². The number of rotatable bonds is 3. The Morgan fingerprint density at radius 3 is 2.70 bits per heavy atom. The van der Waals surface area contributed by atoms with Gasteiger partial charge in [-0.15, -0.1) is 6.58 Å². The number of aromatic nitrogens is 1. The molecule has 0 amide bonds. The fourth-order valence-electron chi connectivity index (χ4n) is 4.97. The molecular weight excluding hydrogens is 352 g/mol. The van der Waals surface area contributed by atoms with Crippen molar-refractivity contribution in [1.82, 2.24) is 4.98 Å². The molecule has 0 radical (unpaired) electrons. The van der Waals surface area contributed by atoms with Gasteiger partial charge in [0.15, 0.2) is 0 Å². The van der Waals surface area contributed by atoms with Gasteiger partial charge in [0.2, 0.25) is 0 Å². The van der Waals surface area contributed by atoms with Gasteiger partial charge in [0.1, 0.15) is 0 Å². The van der Waals surface area contributed by atoms with Crippen LogP contribution in [-0.4, -0.2) is 10.5 Å². The van der Waals surface area contributed by atoms with E-state index in [1.807, 2.05) is 12.3 Å². The van der Waals surface area contributed by atoms with E-state index in [4.69, 9.17) is 11.6 Å². The Morgan fingerprint density at radius 2 is 1.96 bits per heavy atom. The second kappa shape index (κ2) is 6.17. The first-order valence-corrected chi connectivity index (χ1v) is 9.93. The molecule has 2 N–H and O–H groups in total. The van der Waals surface area contributed by atoms with Gasteiger partial charge in [-0.2, -0.15) is 0 Å². The Labute approximate surface area is 166 Å². The fourth-order valence-corrected chi connectivity index (χ4v) is 5.44. The van der Waals surface area contributed by atoms with Crippen molar-refractivity contribution in [3.63, 3.8) is 0 Å². The van der Waals surface area contributed by atoms with Crippen LogP contribution in [0.3, 0.4) is 0 Å². The highest BCUT2D eigenvalue weighted by Crippen LogP contribution is 2.52. The van der Waals surface area contributed by atoms with Gasteiger partial charge in [-0.05, 0) is 56.7 Å². The van der Waals surface area contributed by atoms with Gasteiger partial charge in [0.25, 0.3) is 0 Å². The normalized spacial score (nSPS) is 20.9. The zero-order valence-corrected chi connectivity index (χ0v) is 17.3. The molecule has 4 rings (SSSR count). The molecule has 27 heavy (non-hydrogen) atoms. The highest BCUT2D eigenvalue weighted by atomic mass is 35.5. The minimum Gasteiger partial charge on any atom is -0.380 e. The molecule has 1 atom stereocenters. The van der Waals surface area contributed by atoms with Gasteiger partial charge in [-0.25, -0.2) is 0 Å². The van der Waals surface area contributed by atoms with Gasteiger partial charge in [-0.1, -0.05) is 42.8 Å². The van der Waals surface area contributed by atoms with Crippen molar-refractivity contribution in [2.45, 2.75) is 51.5 Å². The molecule has 0 bridgehead atoms. The van der Waals surface area contributed by atoms with Gasteiger partial charge < -0.3 is 10.3 Å². The lowest BCUT2D eigenvalue weighted by Gasteiger charge is -2.46. The molecule has 1 aliphatic heterocycles. The van der Waals surface area contributed by atoms with Gasteiger partial charge in [0, 0.05) is 39.5 Å². The zero-order chi connectivity index (χ0) is 19.4. The number of aryl methyl sites for hydroxylation is 1. The highest BCUT2D eigenvalue weighted by Gasteiger charge is 2.42. The standard InChI is InChI=1S/C24H27ClN2/c1-6-11-24(5)14-23(3,4)27-21-15(2)13-18(20(25)19(21)24)17-9-7-8-16-10-12-26-22(16)17/h6-10,12-13,26-27H,1,11,14H2,2-5H3. The Hall–Kier alpha value is -2.19. The summed E-state index contributed by atoms with van der Waals surface area (Å²) >= 11 is 7.13. The molecule has 1 unspecified atom stereocenters.